The van der Waals surface area contributed by atoms with Gasteiger partial charge in [0.1, 0.15) is 0 Å². The number of rotatable bonds is 7. The second kappa shape index (κ2) is 9.28. The molecular formula is C25H22Cl2N4O3S. The fourth-order valence-corrected chi connectivity index (χ4v) is 5.54. The number of anilines is 1. The Hall–Kier alpha value is -2.91. The highest BCUT2D eigenvalue weighted by atomic mass is 35.5. The van der Waals surface area contributed by atoms with Crippen LogP contribution in [0, 0.1) is 6.92 Å². The van der Waals surface area contributed by atoms with Gasteiger partial charge in [0.25, 0.3) is 5.91 Å². The van der Waals surface area contributed by atoms with Crippen LogP contribution in [0.15, 0.2) is 60.8 Å². The average molecular weight is 529 g/mol. The highest BCUT2D eigenvalue weighted by molar-refractivity contribution is 7.90. The quantitative estimate of drug-likeness (QED) is 0.332. The van der Waals surface area contributed by atoms with Crippen LogP contribution in [0.3, 0.4) is 0 Å². The van der Waals surface area contributed by atoms with E-state index in [4.69, 9.17) is 23.2 Å². The molecule has 4 aromatic rings. The Bertz CT molecular complexity index is 1560. The van der Waals surface area contributed by atoms with Crippen LogP contribution >= 0.6 is 23.2 Å². The molecule has 0 spiro atoms. The normalized spacial score (nSPS) is 13.8. The molecule has 0 radical (unpaired) electrons. The van der Waals surface area contributed by atoms with Gasteiger partial charge in [-0.3, -0.25) is 4.79 Å². The maximum absolute atomic E-state index is 13.1. The van der Waals surface area contributed by atoms with Crippen LogP contribution in [0.4, 0.5) is 5.69 Å². The second-order valence-electron chi connectivity index (χ2n) is 8.56. The standard InChI is InChI=1S/C25H22Cl2N4O3S/c1-15-5-7-17(12-22(15)27)31-24-4-2-3-23(20(24)14-28-31)30-25(32)19-11-16(6-10-21(19)26)13-29-35(33,34)18-8-9-18/h2-7,10-12,14,18,29H,8-9,13H2,1H3,(H,30,32). The molecule has 0 saturated heterocycles. The van der Waals surface area contributed by atoms with Crippen molar-refractivity contribution >= 4 is 55.7 Å². The average Bonchev–Trinajstić information content (AvgIpc) is 3.61. The second-order valence-corrected chi connectivity index (χ2v) is 11.4. The van der Waals surface area contributed by atoms with Gasteiger partial charge >= 0.3 is 0 Å². The van der Waals surface area contributed by atoms with Crippen molar-refractivity contribution in [1.82, 2.24) is 14.5 Å². The summed E-state index contributed by atoms with van der Waals surface area (Å²) in [6.45, 7) is 2.03. The summed E-state index contributed by atoms with van der Waals surface area (Å²) < 4.78 is 28.6. The maximum atomic E-state index is 13.1. The molecule has 1 aliphatic carbocycles. The topological polar surface area (TPSA) is 93.1 Å². The summed E-state index contributed by atoms with van der Waals surface area (Å²) in [6.07, 6.45) is 3.05. The van der Waals surface area contributed by atoms with Gasteiger partial charge in [-0.25, -0.2) is 17.8 Å². The zero-order valence-corrected chi connectivity index (χ0v) is 21.1. The smallest absolute Gasteiger partial charge is 0.257 e. The van der Waals surface area contributed by atoms with Crippen molar-refractivity contribution in [3.63, 3.8) is 0 Å². The molecule has 1 heterocycles. The molecule has 1 aliphatic rings. The van der Waals surface area contributed by atoms with Gasteiger partial charge in [0.05, 0.1) is 38.9 Å². The Kier molecular flexibility index (Phi) is 6.31. The molecule has 7 nitrogen and oxygen atoms in total. The molecular weight excluding hydrogens is 507 g/mol. The van der Waals surface area contributed by atoms with E-state index in [0.717, 1.165) is 22.2 Å². The van der Waals surface area contributed by atoms with Gasteiger partial charge in [0, 0.05) is 17.0 Å². The van der Waals surface area contributed by atoms with E-state index in [2.05, 4.69) is 15.1 Å². The predicted octanol–water partition coefficient (Wildman–Crippen LogP) is 5.47. The van der Waals surface area contributed by atoms with Crippen molar-refractivity contribution in [1.29, 1.82) is 0 Å². The largest absolute Gasteiger partial charge is 0.321 e. The van der Waals surface area contributed by atoms with Gasteiger partial charge in [-0.05, 0) is 67.3 Å². The number of nitrogens with one attached hydrogen (secondary N) is 2. The molecule has 35 heavy (non-hydrogen) atoms. The van der Waals surface area contributed by atoms with Crippen LogP contribution in [0.25, 0.3) is 16.6 Å². The van der Waals surface area contributed by atoms with E-state index in [1.165, 1.54) is 0 Å². The first-order valence-corrected chi connectivity index (χ1v) is 13.3. The van der Waals surface area contributed by atoms with Crippen LogP contribution in [0.2, 0.25) is 10.0 Å². The number of fused-ring (bicyclic) bond motifs is 1. The molecule has 5 rings (SSSR count). The van der Waals surface area contributed by atoms with Gasteiger partial charge in [-0.15, -0.1) is 0 Å². The minimum absolute atomic E-state index is 0.0950. The lowest BCUT2D eigenvalue weighted by Gasteiger charge is -2.11. The molecule has 0 bridgehead atoms. The van der Waals surface area contributed by atoms with Crippen molar-refractivity contribution in [2.45, 2.75) is 31.6 Å². The first-order valence-electron chi connectivity index (χ1n) is 11.0. The number of benzene rings is 3. The SMILES string of the molecule is Cc1ccc(-n2ncc3c(NC(=O)c4cc(CNS(=O)(=O)C5CC5)ccc4Cl)cccc32)cc1Cl. The van der Waals surface area contributed by atoms with Gasteiger partial charge in [0.2, 0.25) is 10.0 Å². The molecule has 1 aromatic heterocycles. The molecule has 0 aliphatic heterocycles. The number of hydrogen-bond donors (Lipinski definition) is 2. The van der Waals surface area contributed by atoms with E-state index in [-0.39, 0.29) is 22.4 Å². The highest BCUT2D eigenvalue weighted by Crippen LogP contribution is 2.29. The van der Waals surface area contributed by atoms with Gasteiger partial charge in [-0.2, -0.15) is 5.10 Å². The lowest BCUT2D eigenvalue weighted by atomic mass is 10.1. The molecule has 180 valence electrons. The van der Waals surface area contributed by atoms with E-state index in [1.54, 1.807) is 35.1 Å². The van der Waals surface area contributed by atoms with E-state index in [0.29, 0.717) is 29.1 Å². The Labute approximate surface area is 213 Å². The fourth-order valence-electron chi connectivity index (χ4n) is 3.81. The molecule has 2 N–H and O–H groups in total. The number of halogens is 2. The number of sulfonamides is 1. The van der Waals surface area contributed by atoms with Crippen molar-refractivity contribution in [2.75, 3.05) is 5.32 Å². The number of carbonyl (C=O) groups excluding carboxylic acids is 1. The van der Waals surface area contributed by atoms with Crippen LogP contribution < -0.4 is 10.0 Å². The number of nitrogens with zero attached hydrogens (tertiary/aromatic N) is 2. The van der Waals surface area contributed by atoms with Gasteiger partial charge in [0.15, 0.2) is 0 Å². The third-order valence-electron chi connectivity index (χ3n) is 5.98. The number of aromatic nitrogens is 2. The molecule has 10 heteroatoms. The Morgan fingerprint density at radius 2 is 1.89 bits per heavy atom. The predicted molar refractivity (Wildman–Crippen MR) is 139 cm³/mol. The lowest BCUT2D eigenvalue weighted by Crippen LogP contribution is -2.26. The molecule has 1 amide bonds. The Morgan fingerprint density at radius 1 is 1.09 bits per heavy atom. The lowest BCUT2D eigenvalue weighted by molar-refractivity contribution is 0.102. The summed E-state index contributed by atoms with van der Waals surface area (Å²) >= 11 is 12.6. The van der Waals surface area contributed by atoms with E-state index in [9.17, 15) is 13.2 Å². The third kappa shape index (κ3) is 4.92. The van der Waals surface area contributed by atoms with E-state index in [1.807, 2.05) is 37.3 Å². The summed E-state index contributed by atoms with van der Waals surface area (Å²) in [5.41, 5.74) is 4.06. The fraction of sp³-hybridized carbons (Fsp3) is 0.200. The summed E-state index contributed by atoms with van der Waals surface area (Å²) in [5, 5.41) is 8.76. The number of aryl methyl sites for hydroxylation is 1. The van der Waals surface area contributed by atoms with Crippen molar-refractivity contribution < 1.29 is 13.2 Å². The zero-order valence-electron chi connectivity index (χ0n) is 18.8. The summed E-state index contributed by atoms with van der Waals surface area (Å²) in [7, 11) is -3.33. The summed E-state index contributed by atoms with van der Waals surface area (Å²) in [5.74, 6) is -0.402. The number of amides is 1. The molecule has 3 aromatic carbocycles. The number of carbonyl (C=O) groups is 1. The maximum Gasteiger partial charge on any atom is 0.257 e. The van der Waals surface area contributed by atoms with Crippen LogP contribution in [-0.4, -0.2) is 29.4 Å². The third-order valence-corrected chi connectivity index (χ3v) is 8.61. The van der Waals surface area contributed by atoms with Crippen LogP contribution in [-0.2, 0) is 16.6 Å². The van der Waals surface area contributed by atoms with Crippen molar-refractivity contribution in [2.24, 2.45) is 0 Å². The first-order chi connectivity index (χ1) is 16.7. The minimum Gasteiger partial charge on any atom is -0.321 e. The van der Waals surface area contributed by atoms with Gasteiger partial charge in [-0.1, -0.05) is 41.4 Å². The molecule has 0 unspecified atom stereocenters. The summed E-state index contributed by atoms with van der Waals surface area (Å²) in [4.78, 5) is 13.1. The first kappa shape index (κ1) is 23.8. The minimum atomic E-state index is -3.33. The van der Waals surface area contributed by atoms with Crippen LogP contribution in [0.1, 0.15) is 34.3 Å². The Morgan fingerprint density at radius 3 is 2.63 bits per heavy atom. The van der Waals surface area contributed by atoms with Crippen LogP contribution in [0.5, 0.6) is 0 Å². The molecule has 0 atom stereocenters. The summed E-state index contributed by atoms with van der Waals surface area (Å²) in [6, 6.07) is 16.1. The zero-order chi connectivity index (χ0) is 24.7. The van der Waals surface area contributed by atoms with E-state index >= 15 is 0 Å². The highest BCUT2D eigenvalue weighted by Gasteiger charge is 2.35. The molecule has 1 fully saturated rings. The Balaban J connectivity index is 1.40. The van der Waals surface area contributed by atoms with Crippen molar-refractivity contribution in [3.8, 4) is 5.69 Å². The van der Waals surface area contributed by atoms with E-state index < -0.39 is 15.9 Å². The molecule has 1 saturated carbocycles. The monoisotopic (exact) mass is 528 g/mol. The number of hydrogen-bond acceptors (Lipinski definition) is 4. The van der Waals surface area contributed by atoms with Crippen molar-refractivity contribution in [3.05, 3.63) is 87.5 Å². The van der Waals surface area contributed by atoms with Gasteiger partial charge < -0.3 is 5.32 Å².